The Balaban J connectivity index is 3.27. The predicted molar refractivity (Wildman–Crippen MR) is 66.4 cm³/mol. The minimum atomic E-state index is -3.77. The van der Waals surface area contributed by atoms with Gasteiger partial charge in [0.1, 0.15) is 0 Å². The van der Waals surface area contributed by atoms with Crippen LogP contribution in [-0.4, -0.2) is 14.2 Å². The Morgan fingerprint density at radius 3 is 2.47 bits per heavy atom. The number of Topliss-reactive ketones (excluding diaryl/α,β-unsaturated/α-hetero) is 1. The van der Waals surface area contributed by atoms with Crippen molar-refractivity contribution in [1.82, 2.24) is 0 Å². The lowest BCUT2D eigenvalue weighted by Gasteiger charge is -2.08. The first-order valence-electron chi connectivity index (χ1n) is 5.53. The molecule has 0 amide bonds. The van der Waals surface area contributed by atoms with Gasteiger partial charge >= 0.3 is 0 Å². The maximum Gasteiger partial charge on any atom is 0.238 e. The molecule has 0 spiro atoms. The second-order valence-corrected chi connectivity index (χ2v) is 5.56. The molecule has 0 saturated carbocycles. The second kappa shape index (κ2) is 5.42. The Morgan fingerprint density at radius 1 is 1.35 bits per heavy atom. The molecule has 0 bridgehead atoms. The van der Waals surface area contributed by atoms with E-state index >= 15 is 0 Å². The molecule has 17 heavy (non-hydrogen) atoms. The monoisotopic (exact) mass is 255 g/mol. The first-order chi connectivity index (χ1) is 7.86. The van der Waals surface area contributed by atoms with Gasteiger partial charge in [0.25, 0.3) is 0 Å². The maximum absolute atomic E-state index is 11.5. The number of nitrogens with two attached hydrogens (primary N) is 1. The summed E-state index contributed by atoms with van der Waals surface area (Å²) in [6.07, 6.45) is 2.51. The summed E-state index contributed by atoms with van der Waals surface area (Å²) in [5.74, 6) is -0.169. The van der Waals surface area contributed by atoms with E-state index in [-0.39, 0.29) is 10.7 Å². The van der Waals surface area contributed by atoms with E-state index in [9.17, 15) is 13.2 Å². The summed E-state index contributed by atoms with van der Waals surface area (Å²) in [4.78, 5) is 11.3. The summed E-state index contributed by atoms with van der Waals surface area (Å²) >= 11 is 0. The third kappa shape index (κ3) is 3.64. The number of carbonyl (C=O) groups excluding carboxylic acids is 1. The van der Waals surface area contributed by atoms with E-state index in [1.54, 1.807) is 12.1 Å². The van der Waals surface area contributed by atoms with Gasteiger partial charge in [-0.25, -0.2) is 13.6 Å². The molecule has 0 radical (unpaired) electrons. The Morgan fingerprint density at radius 2 is 2.00 bits per heavy atom. The number of carbonyl (C=O) groups is 1. The summed E-state index contributed by atoms with van der Waals surface area (Å²) in [5, 5.41) is 5.16. The third-order valence-electron chi connectivity index (χ3n) is 2.58. The first-order valence-corrected chi connectivity index (χ1v) is 7.07. The number of rotatable bonds is 5. The number of hydrogen-bond donors (Lipinski definition) is 1. The van der Waals surface area contributed by atoms with Crippen LogP contribution < -0.4 is 5.14 Å². The molecule has 0 aromatic heterocycles. The lowest BCUT2D eigenvalue weighted by Crippen LogP contribution is -2.15. The molecule has 1 aromatic rings. The van der Waals surface area contributed by atoms with Crippen molar-refractivity contribution in [3.63, 3.8) is 0 Å². The molecule has 0 saturated heterocycles. The average molecular weight is 255 g/mol. The van der Waals surface area contributed by atoms with Crippen LogP contribution in [0.5, 0.6) is 0 Å². The van der Waals surface area contributed by atoms with Gasteiger partial charge in [0.15, 0.2) is 5.78 Å². The summed E-state index contributed by atoms with van der Waals surface area (Å²) in [5.41, 5.74) is 1.05. The van der Waals surface area contributed by atoms with Gasteiger partial charge in [-0.2, -0.15) is 0 Å². The summed E-state index contributed by atoms with van der Waals surface area (Å²) in [6, 6.07) is 4.68. The van der Waals surface area contributed by atoms with Crippen LogP contribution in [0.1, 0.15) is 42.6 Å². The third-order valence-corrected chi connectivity index (χ3v) is 3.57. The van der Waals surface area contributed by atoms with Crippen LogP contribution in [0.4, 0.5) is 0 Å². The SMILES string of the molecule is CCCCc1ccc(C(C)=O)cc1S(N)(=O)=O. The highest BCUT2D eigenvalue weighted by Crippen LogP contribution is 2.19. The molecule has 1 aromatic carbocycles. The van der Waals surface area contributed by atoms with Crippen molar-refractivity contribution in [2.24, 2.45) is 5.14 Å². The summed E-state index contributed by atoms with van der Waals surface area (Å²) in [6.45, 7) is 3.43. The molecule has 0 heterocycles. The highest BCUT2D eigenvalue weighted by atomic mass is 32.2. The zero-order valence-corrected chi connectivity index (χ0v) is 10.9. The minimum absolute atomic E-state index is 0.0682. The molecule has 4 nitrogen and oxygen atoms in total. The number of hydrogen-bond acceptors (Lipinski definition) is 3. The van der Waals surface area contributed by atoms with Crippen molar-refractivity contribution in [3.05, 3.63) is 29.3 Å². The van der Waals surface area contributed by atoms with Gasteiger partial charge in [-0.3, -0.25) is 4.79 Å². The number of aryl methyl sites for hydroxylation is 1. The highest BCUT2D eigenvalue weighted by Gasteiger charge is 2.15. The Labute approximate surface area is 102 Å². The van der Waals surface area contributed by atoms with Crippen molar-refractivity contribution in [3.8, 4) is 0 Å². The fourth-order valence-electron chi connectivity index (χ4n) is 1.61. The molecular weight excluding hydrogens is 238 g/mol. The van der Waals surface area contributed by atoms with Crippen molar-refractivity contribution >= 4 is 15.8 Å². The van der Waals surface area contributed by atoms with Crippen LogP contribution >= 0.6 is 0 Å². The van der Waals surface area contributed by atoms with E-state index in [2.05, 4.69) is 0 Å². The Bertz CT molecular complexity index is 521. The van der Waals surface area contributed by atoms with Gasteiger partial charge in [0.2, 0.25) is 10.0 Å². The van der Waals surface area contributed by atoms with E-state index < -0.39 is 10.0 Å². The standard InChI is InChI=1S/C12H17NO3S/c1-3-4-5-10-6-7-11(9(2)14)8-12(10)17(13,15)16/h6-8H,3-5H2,1-2H3,(H2,13,15,16). The predicted octanol–water partition coefficient (Wildman–Crippen LogP) is 1.88. The van der Waals surface area contributed by atoms with Crippen LogP contribution in [0.25, 0.3) is 0 Å². The molecule has 94 valence electrons. The molecule has 0 aliphatic rings. The van der Waals surface area contributed by atoms with Crippen LogP contribution in [0, 0.1) is 0 Å². The zero-order chi connectivity index (χ0) is 13.1. The van der Waals surface area contributed by atoms with Gasteiger partial charge in [-0.05, 0) is 31.4 Å². The summed E-state index contributed by atoms with van der Waals surface area (Å²) < 4.78 is 22.9. The van der Waals surface area contributed by atoms with E-state index in [0.717, 1.165) is 12.8 Å². The number of benzene rings is 1. The normalized spacial score (nSPS) is 11.5. The van der Waals surface area contributed by atoms with Crippen LogP contribution in [-0.2, 0) is 16.4 Å². The van der Waals surface area contributed by atoms with Gasteiger partial charge in [-0.1, -0.05) is 25.5 Å². The van der Waals surface area contributed by atoms with E-state index in [1.807, 2.05) is 6.92 Å². The van der Waals surface area contributed by atoms with Crippen LogP contribution in [0.2, 0.25) is 0 Å². The fourth-order valence-corrected chi connectivity index (χ4v) is 2.44. The largest absolute Gasteiger partial charge is 0.295 e. The summed E-state index contributed by atoms with van der Waals surface area (Å²) in [7, 11) is -3.77. The molecule has 0 aliphatic heterocycles. The molecular formula is C12H17NO3S. The van der Waals surface area contributed by atoms with E-state index in [0.29, 0.717) is 17.5 Å². The van der Waals surface area contributed by atoms with Crippen molar-refractivity contribution in [2.45, 2.75) is 38.0 Å². The second-order valence-electron chi connectivity index (χ2n) is 4.03. The quantitative estimate of drug-likeness (QED) is 0.816. The van der Waals surface area contributed by atoms with Crippen LogP contribution in [0.15, 0.2) is 23.1 Å². The van der Waals surface area contributed by atoms with Crippen LogP contribution in [0.3, 0.4) is 0 Å². The van der Waals surface area contributed by atoms with Crippen molar-refractivity contribution in [2.75, 3.05) is 0 Å². The van der Waals surface area contributed by atoms with E-state index in [1.165, 1.54) is 13.0 Å². The molecule has 0 atom stereocenters. The van der Waals surface area contributed by atoms with Gasteiger partial charge in [0, 0.05) is 5.56 Å². The molecule has 0 fully saturated rings. The number of primary sulfonamides is 1. The molecule has 0 unspecified atom stereocenters. The Hall–Kier alpha value is -1.20. The first kappa shape index (κ1) is 13.9. The lowest BCUT2D eigenvalue weighted by molar-refractivity contribution is 0.101. The molecule has 5 heteroatoms. The van der Waals surface area contributed by atoms with Gasteiger partial charge < -0.3 is 0 Å². The number of ketones is 1. The van der Waals surface area contributed by atoms with E-state index in [4.69, 9.17) is 5.14 Å². The van der Waals surface area contributed by atoms with Crippen molar-refractivity contribution in [1.29, 1.82) is 0 Å². The molecule has 2 N–H and O–H groups in total. The minimum Gasteiger partial charge on any atom is -0.295 e. The van der Waals surface area contributed by atoms with Gasteiger partial charge in [0.05, 0.1) is 4.90 Å². The lowest BCUT2D eigenvalue weighted by atomic mass is 10.0. The highest BCUT2D eigenvalue weighted by molar-refractivity contribution is 7.89. The molecule has 1 rings (SSSR count). The Kier molecular flexibility index (Phi) is 4.42. The maximum atomic E-state index is 11.5. The number of unbranched alkanes of at least 4 members (excludes halogenated alkanes) is 1. The van der Waals surface area contributed by atoms with Gasteiger partial charge in [-0.15, -0.1) is 0 Å². The zero-order valence-electron chi connectivity index (χ0n) is 10.1. The average Bonchev–Trinajstić information content (AvgIpc) is 2.24. The smallest absolute Gasteiger partial charge is 0.238 e. The van der Waals surface area contributed by atoms with Crippen molar-refractivity contribution < 1.29 is 13.2 Å². The topological polar surface area (TPSA) is 77.2 Å². The fraction of sp³-hybridized carbons (Fsp3) is 0.417. The number of sulfonamides is 1. The molecule has 0 aliphatic carbocycles.